The van der Waals surface area contributed by atoms with Gasteiger partial charge in [0.05, 0.1) is 11.7 Å². The van der Waals surface area contributed by atoms with Gasteiger partial charge in [-0.2, -0.15) is 11.8 Å². The number of aromatic nitrogens is 1. The molecule has 0 aliphatic carbocycles. The molecule has 1 fully saturated rings. The highest BCUT2D eigenvalue weighted by Gasteiger charge is 2.20. The summed E-state index contributed by atoms with van der Waals surface area (Å²) in [5.41, 5.74) is 1.09. The first-order chi connectivity index (χ1) is 6.27. The van der Waals surface area contributed by atoms with Gasteiger partial charge in [0.1, 0.15) is 5.76 Å². The predicted molar refractivity (Wildman–Crippen MR) is 54.0 cm³/mol. The fourth-order valence-corrected chi connectivity index (χ4v) is 2.55. The number of hydrogen-bond donors (Lipinski definition) is 1. The minimum atomic E-state index is 0.385. The third-order valence-corrected chi connectivity index (χ3v) is 3.25. The van der Waals surface area contributed by atoms with Crippen LogP contribution >= 0.6 is 11.8 Å². The summed E-state index contributed by atoms with van der Waals surface area (Å²) in [5.74, 6) is 4.03. The summed E-state index contributed by atoms with van der Waals surface area (Å²) >= 11 is 1.97. The Hall–Kier alpha value is -0.480. The van der Waals surface area contributed by atoms with E-state index in [2.05, 4.69) is 10.3 Å². The second-order valence-corrected chi connectivity index (χ2v) is 4.41. The van der Waals surface area contributed by atoms with Crippen molar-refractivity contribution in [2.75, 3.05) is 18.1 Å². The standard InChI is InChI=1S/C9H14N2OS/c1-6-9(11-7(2)12-6)8-5-13-4-3-10-8/h8,10H,3-5H2,1-2H3. The van der Waals surface area contributed by atoms with Crippen LogP contribution in [0, 0.1) is 13.8 Å². The Balaban J connectivity index is 2.18. The fourth-order valence-electron chi connectivity index (χ4n) is 1.61. The van der Waals surface area contributed by atoms with Crippen LogP contribution < -0.4 is 5.32 Å². The molecule has 72 valence electrons. The maximum atomic E-state index is 5.41. The van der Waals surface area contributed by atoms with E-state index in [1.165, 1.54) is 5.75 Å². The van der Waals surface area contributed by atoms with E-state index >= 15 is 0 Å². The van der Waals surface area contributed by atoms with Crippen LogP contribution in [-0.4, -0.2) is 23.0 Å². The van der Waals surface area contributed by atoms with E-state index in [1.807, 2.05) is 25.6 Å². The van der Waals surface area contributed by atoms with E-state index in [1.54, 1.807) is 0 Å². The lowest BCUT2D eigenvalue weighted by Gasteiger charge is -2.21. The van der Waals surface area contributed by atoms with E-state index in [4.69, 9.17) is 4.42 Å². The first-order valence-electron chi connectivity index (χ1n) is 4.52. The van der Waals surface area contributed by atoms with Crippen molar-refractivity contribution in [3.63, 3.8) is 0 Å². The number of thioether (sulfide) groups is 1. The van der Waals surface area contributed by atoms with Crippen molar-refractivity contribution in [1.29, 1.82) is 0 Å². The number of aryl methyl sites for hydroxylation is 2. The minimum absolute atomic E-state index is 0.385. The average Bonchev–Trinajstić information content (AvgIpc) is 2.47. The summed E-state index contributed by atoms with van der Waals surface area (Å²) in [5, 5.41) is 3.45. The van der Waals surface area contributed by atoms with Gasteiger partial charge in [-0.3, -0.25) is 0 Å². The van der Waals surface area contributed by atoms with Crippen LogP contribution in [0.4, 0.5) is 0 Å². The van der Waals surface area contributed by atoms with Gasteiger partial charge in [0.2, 0.25) is 0 Å². The zero-order chi connectivity index (χ0) is 9.26. The normalized spacial score (nSPS) is 23.4. The number of rotatable bonds is 1. The highest BCUT2D eigenvalue weighted by atomic mass is 32.2. The summed E-state index contributed by atoms with van der Waals surface area (Å²) in [6.07, 6.45) is 0. The molecule has 1 aromatic heterocycles. The van der Waals surface area contributed by atoms with Gasteiger partial charge in [0, 0.05) is 25.0 Å². The van der Waals surface area contributed by atoms with Crippen LogP contribution in [0.15, 0.2) is 4.42 Å². The fraction of sp³-hybridized carbons (Fsp3) is 0.667. The van der Waals surface area contributed by atoms with Crippen molar-refractivity contribution in [2.45, 2.75) is 19.9 Å². The Morgan fingerprint density at radius 3 is 2.92 bits per heavy atom. The Morgan fingerprint density at radius 1 is 1.54 bits per heavy atom. The molecule has 0 aromatic carbocycles. The molecule has 2 rings (SSSR count). The zero-order valence-corrected chi connectivity index (χ0v) is 8.78. The number of nitrogens with zero attached hydrogens (tertiary/aromatic N) is 1. The van der Waals surface area contributed by atoms with Crippen LogP contribution in [0.1, 0.15) is 23.4 Å². The summed E-state index contributed by atoms with van der Waals surface area (Å²) < 4.78 is 5.41. The molecule has 0 amide bonds. The molecule has 0 spiro atoms. The van der Waals surface area contributed by atoms with Gasteiger partial charge in [-0.25, -0.2) is 4.98 Å². The summed E-state index contributed by atoms with van der Waals surface area (Å²) in [6.45, 7) is 4.95. The smallest absolute Gasteiger partial charge is 0.191 e. The van der Waals surface area contributed by atoms with Crippen LogP contribution in [0.5, 0.6) is 0 Å². The van der Waals surface area contributed by atoms with Gasteiger partial charge >= 0.3 is 0 Å². The predicted octanol–water partition coefficient (Wildman–Crippen LogP) is 1.67. The Bertz CT molecular complexity index is 292. The van der Waals surface area contributed by atoms with E-state index in [9.17, 15) is 0 Å². The van der Waals surface area contributed by atoms with E-state index in [0.29, 0.717) is 6.04 Å². The maximum Gasteiger partial charge on any atom is 0.191 e. The minimum Gasteiger partial charge on any atom is -0.446 e. The van der Waals surface area contributed by atoms with Crippen molar-refractivity contribution in [2.24, 2.45) is 0 Å². The van der Waals surface area contributed by atoms with Crippen molar-refractivity contribution >= 4 is 11.8 Å². The van der Waals surface area contributed by atoms with E-state index < -0.39 is 0 Å². The van der Waals surface area contributed by atoms with Gasteiger partial charge in [-0.05, 0) is 6.92 Å². The Labute approximate surface area is 82.3 Å². The van der Waals surface area contributed by atoms with Gasteiger partial charge < -0.3 is 9.73 Å². The lowest BCUT2D eigenvalue weighted by Crippen LogP contribution is -2.30. The van der Waals surface area contributed by atoms with Crippen LogP contribution in [0.2, 0.25) is 0 Å². The van der Waals surface area contributed by atoms with E-state index in [-0.39, 0.29) is 0 Å². The second-order valence-electron chi connectivity index (χ2n) is 3.26. The molecule has 0 radical (unpaired) electrons. The number of nitrogens with one attached hydrogen (secondary N) is 1. The second kappa shape index (κ2) is 3.72. The topological polar surface area (TPSA) is 38.1 Å². The van der Waals surface area contributed by atoms with Gasteiger partial charge in [-0.15, -0.1) is 0 Å². The van der Waals surface area contributed by atoms with Crippen LogP contribution in [-0.2, 0) is 0 Å². The van der Waals surface area contributed by atoms with Gasteiger partial charge in [0.15, 0.2) is 5.89 Å². The Kier molecular flexibility index (Phi) is 2.60. The molecule has 0 saturated carbocycles. The molecule has 1 saturated heterocycles. The maximum absolute atomic E-state index is 5.41. The van der Waals surface area contributed by atoms with Crippen molar-refractivity contribution < 1.29 is 4.42 Å². The molecule has 13 heavy (non-hydrogen) atoms. The molecular formula is C9H14N2OS. The van der Waals surface area contributed by atoms with Crippen LogP contribution in [0.3, 0.4) is 0 Å². The summed E-state index contributed by atoms with van der Waals surface area (Å²) in [4.78, 5) is 4.39. The monoisotopic (exact) mass is 198 g/mol. The molecule has 1 aromatic rings. The molecule has 2 heterocycles. The largest absolute Gasteiger partial charge is 0.446 e. The van der Waals surface area contributed by atoms with Crippen molar-refractivity contribution in [3.8, 4) is 0 Å². The van der Waals surface area contributed by atoms with Gasteiger partial charge in [0.25, 0.3) is 0 Å². The molecule has 1 N–H and O–H groups in total. The molecule has 1 atom stereocenters. The quantitative estimate of drug-likeness (QED) is 0.745. The zero-order valence-electron chi connectivity index (χ0n) is 7.96. The molecule has 4 heteroatoms. The highest BCUT2D eigenvalue weighted by Crippen LogP contribution is 2.24. The summed E-state index contributed by atoms with van der Waals surface area (Å²) in [7, 11) is 0. The number of hydrogen-bond acceptors (Lipinski definition) is 4. The average molecular weight is 198 g/mol. The SMILES string of the molecule is Cc1nc(C2CSCCN2)c(C)o1. The summed E-state index contributed by atoms with van der Waals surface area (Å²) in [6, 6.07) is 0.385. The lowest BCUT2D eigenvalue weighted by atomic mass is 10.2. The lowest BCUT2D eigenvalue weighted by molar-refractivity contribution is 0.488. The third kappa shape index (κ3) is 1.89. The van der Waals surface area contributed by atoms with E-state index in [0.717, 1.165) is 29.6 Å². The first kappa shape index (κ1) is 9.09. The molecule has 3 nitrogen and oxygen atoms in total. The van der Waals surface area contributed by atoms with Crippen molar-refractivity contribution in [1.82, 2.24) is 10.3 Å². The molecule has 0 bridgehead atoms. The molecule has 1 aliphatic heterocycles. The molecular weight excluding hydrogens is 184 g/mol. The first-order valence-corrected chi connectivity index (χ1v) is 5.68. The Morgan fingerprint density at radius 2 is 2.38 bits per heavy atom. The molecule has 1 unspecified atom stereocenters. The van der Waals surface area contributed by atoms with Crippen LogP contribution in [0.25, 0.3) is 0 Å². The molecule has 1 aliphatic rings. The van der Waals surface area contributed by atoms with Crippen molar-refractivity contribution in [3.05, 3.63) is 17.3 Å². The van der Waals surface area contributed by atoms with Gasteiger partial charge in [-0.1, -0.05) is 0 Å². The number of oxazole rings is 1. The highest BCUT2D eigenvalue weighted by molar-refractivity contribution is 7.99. The third-order valence-electron chi connectivity index (χ3n) is 2.19.